The fourth-order valence-electron chi connectivity index (χ4n) is 1.10. The Bertz CT molecular complexity index is 537. The molecule has 3 nitrogen and oxygen atoms in total. The Morgan fingerprint density at radius 1 is 1.25 bits per heavy atom. The van der Waals surface area contributed by atoms with Gasteiger partial charge in [0, 0.05) is 6.20 Å². The van der Waals surface area contributed by atoms with Crippen LogP contribution in [0.3, 0.4) is 0 Å². The zero-order valence-electron chi connectivity index (χ0n) is 8.09. The Morgan fingerprint density at radius 2 is 2.12 bits per heavy atom. The molecule has 2 aromatic heterocycles. The fourth-order valence-corrected chi connectivity index (χ4v) is 2.17. The monoisotopic (exact) mass is 247 g/mol. The van der Waals surface area contributed by atoms with Gasteiger partial charge in [-0.15, -0.1) is 0 Å². The van der Waals surface area contributed by atoms with Gasteiger partial charge in [-0.2, -0.15) is 5.26 Å². The van der Waals surface area contributed by atoms with Crippen molar-refractivity contribution in [3.63, 3.8) is 0 Å². The third-order valence-corrected chi connectivity index (χ3v) is 2.81. The van der Waals surface area contributed by atoms with Crippen molar-refractivity contribution in [2.24, 2.45) is 0 Å². The second kappa shape index (κ2) is 4.97. The summed E-state index contributed by atoms with van der Waals surface area (Å²) in [5, 5.41) is 10.6. The van der Waals surface area contributed by atoms with Gasteiger partial charge in [0.2, 0.25) is 0 Å². The predicted octanol–water partition coefficient (Wildman–Crippen LogP) is 3.15. The molecular weight excluding hydrogens is 242 g/mol. The summed E-state index contributed by atoms with van der Waals surface area (Å²) < 4.78 is 0. The van der Waals surface area contributed by atoms with E-state index in [9.17, 15) is 0 Å². The van der Waals surface area contributed by atoms with Crippen LogP contribution in [0.15, 0.2) is 46.6 Å². The number of pyridine rings is 2. The topological polar surface area (TPSA) is 49.6 Å². The van der Waals surface area contributed by atoms with E-state index < -0.39 is 0 Å². The standard InChI is InChI=1S/C11H6ClN3S/c12-9-5-8(7-13)6-11(15-9)16-10-3-1-2-4-14-10/h1-6H. The van der Waals surface area contributed by atoms with Crippen molar-refractivity contribution in [1.29, 1.82) is 5.26 Å². The van der Waals surface area contributed by atoms with Crippen LogP contribution >= 0.6 is 23.4 Å². The number of nitrogens with zero attached hydrogens (tertiary/aromatic N) is 3. The first-order chi connectivity index (χ1) is 7.78. The Balaban J connectivity index is 2.29. The first kappa shape index (κ1) is 10.9. The van der Waals surface area contributed by atoms with Crippen molar-refractivity contribution in [2.75, 3.05) is 0 Å². The van der Waals surface area contributed by atoms with Crippen LogP contribution < -0.4 is 0 Å². The van der Waals surface area contributed by atoms with Crippen LogP contribution in [0.4, 0.5) is 0 Å². The SMILES string of the molecule is N#Cc1cc(Cl)nc(Sc2ccccn2)c1. The van der Waals surface area contributed by atoms with Crippen LogP contribution in [0, 0.1) is 11.3 Å². The molecule has 2 aromatic rings. The molecule has 0 radical (unpaired) electrons. The van der Waals surface area contributed by atoms with Gasteiger partial charge in [0.1, 0.15) is 15.2 Å². The van der Waals surface area contributed by atoms with Gasteiger partial charge in [-0.1, -0.05) is 29.4 Å². The van der Waals surface area contributed by atoms with Crippen LogP contribution in [-0.4, -0.2) is 9.97 Å². The lowest BCUT2D eigenvalue weighted by molar-refractivity contribution is 1.09. The van der Waals surface area contributed by atoms with E-state index in [-0.39, 0.29) is 0 Å². The average Bonchev–Trinajstić information content (AvgIpc) is 2.29. The second-order valence-electron chi connectivity index (χ2n) is 2.90. The van der Waals surface area contributed by atoms with E-state index >= 15 is 0 Å². The molecule has 16 heavy (non-hydrogen) atoms. The maximum absolute atomic E-state index is 8.79. The molecule has 2 rings (SSSR count). The minimum atomic E-state index is 0.317. The van der Waals surface area contributed by atoms with Gasteiger partial charge >= 0.3 is 0 Å². The molecule has 0 amide bonds. The number of nitriles is 1. The van der Waals surface area contributed by atoms with Crippen molar-refractivity contribution in [3.8, 4) is 6.07 Å². The minimum Gasteiger partial charge on any atom is -0.250 e. The molecule has 0 spiro atoms. The average molecular weight is 248 g/mol. The van der Waals surface area contributed by atoms with Gasteiger partial charge < -0.3 is 0 Å². The van der Waals surface area contributed by atoms with Gasteiger partial charge in [-0.25, -0.2) is 9.97 Å². The summed E-state index contributed by atoms with van der Waals surface area (Å²) in [6, 6.07) is 10.9. The number of rotatable bonds is 2. The lowest BCUT2D eigenvalue weighted by Gasteiger charge is -2.00. The number of halogens is 1. The van der Waals surface area contributed by atoms with E-state index in [4.69, 9.17) is 16.9 Å². The highest BCUT2D eigenvalue weighted by Crippen LogP contribution is 2.25. The van der Waals surface area contributed by atoms with Crippen LogP contribution in [0.1, 0.15) is 5.56 Å². The van der Waals surface area contributed by atoms with Gasteiger partial charge in [0.25, 0.3) is 0 Å². The summed E-state index contributed by atoms with van der Waals surface area (Å²) in [5.74, 6) is 0. The molecule has 0 saturated carbocycles. The first-order valence-electron chi connectivity index (χ1n) is 4.44. The summed E-state index contributed by atoms with van der Waals surface area (Å²) in [6.07, 6.45) is 1.71. The Kier molecular flexibility index (Phi) is 3.40. The molecule has 0 aromatic carbocycles. The summed E-state index contributed by atoms with van der Waals surface area (Å²) in [7, 11) is 0. The van der Waals surface area contributed by atoms with Crippen molar-refractivity contribution < 1.29 is 0 Å². The van der Waals surface area contributed by atoms with Gasteiger partial charge in [-0.05, 0) is 24.3 Å². The molecular formula is C11H6ClN3S. The molecule has 0 aliphatic rings. The number of hydrogen-bond acceptors (Lipinski definition) is 4. The highest BCUT2D eigenvalue weighted by atomic mass is 35.5. The summed E-state index contributed by atoms with van der Waals surface area (Å²) in [4.78, 5) is 8.27. The van der Waals surface area contributed by atoms with Crippen LogP contribution in [0.25, 0.3) is 0 Å². The Morgan fingerprint density at radius 3 is 2.81 bits per heavy atom. The lowest BCUT2D eigenvalue weighted by atomic mass is 10.3. The third-order valence-electron chi connectivity index (χ3n) is 1.75. The molecule has 0 saturated heterocycles. The molecule has 0 aliphatic carbocycles. The minimum absolute atomic E-state index is 0.317. The third kappa shape index (κ3) is 2.72. The van der Waals surface area contributed by atoms with Crippen molar-refractivity contribution in [1.82, 2.24) is 9.97 Å². The predicted molar refractivity (Wildman–Crippen MR) is 62.3 cm³/mol. The van der Waals surface area contributed by atoms with Crippen LogP contribution in [0.5, 0.6) is 0 Å². The molecule has 0 bridgehead atoms. The second-order valence-corrected chi connectivity index (χ2v) is 4.33. The number of hydrogen-bond donors (Lipinski definition) is 0. The van der Waals surface area contributed by atoms with Crippen LogP contribution in [-0.2, 0) is 0 Å². The van der Waals surface area contributed by atoms with Crippen molar-refractivity contribution in [2.45, 2.75) is 10.1 Å². The smallest absolute Gasteiger partial charge is 0.131 e. The van der Waals surface area contributed by atoms with E-state index in [2.05, 4.69) is 9.97 Å². The zero-order valence-corrected chi connectivity index (χ0v) is 9.66. The van der Waals surface area contributed by atoms with Gasteiger partial charge in [-0.3, -0.25) is 0 Å². The largest absolute Gasteiger partial charge is 0.250 e. The first-order valence-corrected chi connectivity index (χ1v) is 5.64. The molecule has 0 N–H and O–H groups in total. The van der Waals surface area contributed by atoms with E-state index in [1.54, 1.807) is 12.3 Å². The van der Waals surface area contributed by atoms with E-state index in [1.807, 2.05) is 24.3 Å². The summed E-state index contributed by atoms with van der Waals surface area (Å²) >= 11 is 7.17. The maximum atomic E-state index is 8.79. The maximum Gasteiger partial charge on any atom is 0.131 e. The van der Waals surface area contributed by atoms with E-state index in [1.165, 1.54) is 17.8 Å². The Labute approximate surface area is 102 Å². The van der Waals surface area contributed by atoms with E-state index in [0.29, 0.717) is 15.7 Å². The van der Waals surface area contributed by atoms with Gasteiger partial charge in [0.15, 0.2) is 0 Å². The van der Waals surface area contributed by atoms with E-state index in [0.717, 1.165) is 5.03 Å². The highest BCUT2D eigenvalue weighted by Gasteiger charge is 2.03. The molecule has 2 heterocycles. The summed E-state index contributed by atoms with van der Waals surface area (Å²) in [5.41, 5.74) is 0.499. The molecule has 0 fully saturated rings. The highest BCUT2D eigenvalue weighted by molar-refractivity contribution is 7.99. The summed E-state index contributed by atoms with van der Waals surface area (Å²) in [6.45, 7) is 0. The normalized spacial score (nSPS) is 9.75. The number of aromatic nitrogens is 2. The van der Waals surface area contributed by atoms with Crippen LogP contribution in [0.2, 0.25) is 5.15 Å². The molecule has 78 valence electrons. The molecule has 0 unspecified atom stereocenters. The molecule has 5 heteroatoms. The quantitative estimate of drug-likeness (QED) is 0.765. The molecule has 0 aliphatic heterocycles. The fraction of sp³-hybridized carbons (Fsp3) is 0. The van der Waals surface area contributed by atoms with Gasteiger partial charge in [0.05, 0.1) is 11.6 Å². The lowest BCUT2D eigenvalue weighted by Crippen LogP contribution is -1.85. The van der Waals surface area contributed by atoms with Crippen molar-refractivity contribution in [3.05, 3.63) is 47.2 Å². The Hall–Kier alpha value is -1.57. The zero-order chi connectivity index (χ0) is 11.4. The van der Waals surface area contributed by atoms with Crippen molar-refractivity contribution >= 4 is 23.4 Å². The molecule has 0 atom stereocenters.